The van der Waals surface area contributed by atoms with E-state index in [1.165, 1.54) is 0 Å². The van der Waals surface area contributed by atoms with Gasteiger partial charge in [-0.3, -0.25) is 9.78 Å². The number of esters is 1. The third-order valence-corrected chi connectivity index (χ3v) is 2.24. The molecule has 2 heterocycles. The Kier molecular flexibility index (Phi) is 3.49. The number of hydrogen-bond donors (Lipinski definition) is 1. The average Bonchev–Trinajstić information content (AvgIpc) is 2.79. The van der Waals surface area contributed by atoms with Crippen LogP contribution in [0.4, 0.5) is 0 Å². The Morgan fingerprint density at radius 2 is 2.18 bits per heavy atom. The minimum absolute atomic E-state index is 0.166. The van der Waals surface area contributed by atoms with E-state index >= 15 is 0 Å². The predicted octanol–water partition coefficient (Wildman–Crippen LogP) is 1.58. The third kappa shape index (κ3) is 2.90. The number of nitrogens with one attached hydrogen (secondary N) is 1. The highest BCUT2D eigenvalue weighted by Crippen LogP contribution is 2.15. The van der Waals surface area contributed by atoms with Crippen molar-refractivity contribution in [3.8, 4) is 11.3 Å². The normalized spacial score (nSPS) is 10.2. The van der Waals surface area contributed by atoms with Crippen molar-refractivity contribution in [3.63, 3.8) is 0 Å². The summed E-state index contributed by atoms with van der Waals surface area (Å²) in [4.78, 5) is 22.4. The molecule has 0 unspecified atom stereocenters. The molecule has 0 aliphatic carbocycles. The van der Waals surface area contributed by atoms with Gasteiger partial charge in [0.15, 0.2) is 0 Å². The fourth-order valence-corrected chi connectivity index (χ4v) is 1.48. The smallest absolute Gasteiger partial charge is 0.313 e. The molecule has 17 heavy (non-hydrogen) atoms. The SMILES string of the molecule is CCOC(=O)Cc1ncc(-c2ccncc2)[nH]1. The zero-order chi connectivity index (χ0) is 12.1. The number of imidazole rings is 1. The number of hydrogen-bond acceptors (Lipinski definition) is 4. The number of H-pyrrole nitrogens is 1. The lowest BCUT2D eigenvalue weighted by atomic mass is 10.2. The summed E-state index contributed by atoms with van der Waals surface area (Å²) in [6.07, 6.45) is 5.28. The Morgan fingerprint density at radius 3 is 2.88 bits per heavy atom. The molecule has 0 aliphatic rings. The molecule has 0 amide bonds. The van der Waals surface area contributed by atoms with E-state index in [1.807, 2.05) is 12.1 Å². The third-order valence-electron chi connectivity index (χ3n) is 2.24. The van der Waals surface area contributed by atoms with Crippen LogP contribution in [-0.4, -0.2) is 27.5 Å². The van der Waals surface area contributed by atoms with E-state index in [0.717, 1.165) is 11.3 Å². The summed E-state index contributed by atoms with van der Waals surface area (Å²) in [6, 6.07) is 3.75. The van der Waals surface area contributed by atoms with Crippen LogP contribution in [0.1, 0.15) is 12.7 Å². The Bertz CT molecular complexity index is 493. The Labute approximate surface area is 98.9 Å². The molecular weight excluding hydrogens is 218 g/mol. The molecule has 88 valence electrons. The molecule has 2 rings (SSSR count). The number of aromatic amines is 1. The van der Waals surface area contributed by atoms with Gasteiger partial charge in [0.05, 0.1) is 18.5 Å². The molecule has 0 atom stereocenters. The molecule has 2 aromatic heterocycles. The van der Waals surface area contributed by atoms with E-state index in [9.17, 15) is 4.79 Å². The Hall–Kier alpha value is -2.17. The summed E-state index contributed by atoms with van der Waals surface area (Å²) in [6.45, 7) is 2.17. The molecule has 0 spiro atoms. The fourth-order valence-electron chi connectivity index (χ4n) is 1.48. The number of ether oxygens (including phenoxy) is 1. The first-order valence-electron chi connectivity index (χ1n) is 5.39. The lowest BCUT2D eigenvalue weighted by Gasteiger charge is -1.98. The van der Waals surface area contributed by atoms with Crippen LogP contribution in [0.15, 0.2) is 30.7 Å². The summed E-state index contributed by atoms with van der Waals surface area (Å²) in [7, 11) is 0. The van der Waals surface area contributed by atoms with Gasteiger partial charge in [0.1, 0.15) is 12.2 Å². The van der Waals surface area contributed by atoms with Crippen LogP contribution >= 0.6 is 0 Å². The molecule has 0 aromatic carbocycles. The Balaban J connectivity index is 2.09. The molecule has 2 aromatic rings. The second-order valence-electron chi connectivity index (χ2n) is 3.46. The van der Waals surface area contributed by atoms with E-state index < -0.39 is 0 Å². The second kappa shape index (κ2) is 5.25. The fraction of sp³-hybridized carbons (Fsp3) is 0.250. The molecule has 5 heteroatoms. The maximum atomic E-state index is 11.3. The van der Waals surface area contributed by atoms with E-state index in [2.05, 4.69) is 15.0 Å². The topological polar surface area (TPSA) is 67.9 Å². The monoisotopic (exact) mass is 231 g/mol. The van der Waals surface area contributed by atoms with Crippen LogP contribution in [0, 0.1) is 0 Å². The highest BCUT2D eigenvalue weighted by molar-refractivity contribution is 5.72. The summed E-state index contributed by atoms with van der Waals surface area (Å²) in [5.41, 5.74) is 1.86. The van der Waals surface area contributed by atoms with Gasteiger partial charge in [0.25, 0.3) is 0 Å². The summed E-state index contributed by atoms with van der Waals surface area (Å²) < 4.78 is 4.85. The minimum Gasteiger partial charge on any atom is -0.466 e. The number of aromatic nitrogens is 3. The molecule has 5 nitrogen and oxygen atoms in total. The quantitative estimate of drug-likeness (QED) is 0.811. The number of nitrogens with zero attached hydrogens (tertiary/aromatic N) is 2. The molecular formula is C12H13N3O2. The van der Waals surface area contributed by atoms with Gasteiger partial charge in [-0.2, -0.15) is 0 Å². The van der Waals surface area contributed by atoms with Crippen molar-refractivity contribution in [1.29, 1.82) is 0 Å². The van der Waals surface area contributed by atoms with Gasteiger partial charge in [-0.25, -0.2) is 4.98 Å². The highest BCUT2D eigenvalue weighted by Gasteiger charge is 2.08. The molecule has 0 fully saturated rings. The van der Waals surface area contributed by atoms with Gasteiger partial charge < -0.3 is 9.72 Å². The van der Waals surface area contributed by atoms with E-state index in [0.29, 0.717) is 12.4 Å². The number of pyridine rings is 1. The van der Waals surface area contributed by atoms with Crippen LogP contribution in [0.2, 0.25) is 0 Å². The molecule has 0 bridgehead atoms. The van der Waals surface area contributed by atoms with Crippen LogP contribution < -0.4 is 0 Å². The van der Waals surface area contributed by atoms with Gasteiger partial charge in [-0.05, 0) is 19.1 Å². The number of carbonyl (C=O) groups excluding carboxylic acids is 1. The summed E-state index contributed by atoms with van der Waals surface area (Å²) in [5, 5.41) is 0. The maximum absolute atomic E-state index is 11.3. The van der Waals surface area contributed by atoms with Gasteiger partial charge >= 0.3 is 5.97 Å². The zero-order valence-corrected chi connectivity index (χ0v) is 9.51. The molecule has 0 radical (unpaired) electrons. The number of carbonyl (C=O) groups is 1. The maximum Gasteiger partial charge on any atom is 0.313 e. The first-order valence-corrected chi connectivity index (χ1v) is 5.39. The lowest BCUT2D eigenvalue weighted by molar-refractivity contribution is -0.142. The van der Waals surface area contributed by atoms with Gasteiger partial charge in [-0.15, -0.1) is 0 Å². The molecule has 0 aliphatic heterocycles. The first kappa shape index (κ1) is 11.3. The highest BCUT2D eigenvalue weighted by atomic mass is 16.5. The first-order chi connectivity index (χ1) is 8.29. The largest absolute Gasteiger partial charge is 0.466 e. The van der Waals surface area contributed by atoms with E-state index in [-0.39, 0.29) is 12.4 Å². The summed E-state index contributed by atoms with van der Waals surface area (Å²) >= 11 is 0. The van der Waals surface area contributed by atoms with Gasteiger partial charge in [0, 0.05) is 18.0 Å². The van der Waals surface area contributed by atoms with Crippen LogP contribution in [-0.2, 0) is 16.0 Å². The van der Waals surface area contributed by atoms with Crippen LogP contribution in [0.25, 0.3) is 11.3 Å². The van der Waals surface area contributed by atoms with E-state index in [1.54, 1.807) is 25.5 Å². The average molecular weight is 231 g/mol. The van der Waals surface area contributed by atoms with Crippen molar-refractivity contribution < 1.29 is 9.53 Å². The van der Waals surface area contributed by atoms with Crippen molar-refractivity contribution >= 4 is 5.97 Å². The van der Waals surface area contributed by atoms with Crippen molar-refractivity contribution in [2.45, 2.75) is 13.3 Å². The van der Waals surface area contributed by atoms with Crippen molar-refractivity contribution in [3.05, 3.63) is 36.5 Å². The van der Waals surface area contributed by atoms with Crippen LogP contribution in [0.5, 0.6) is 0 Å². The number of rotatable bonds is 4. The molecule has 0 saturated heterocycles. The van der Waals surface area contributed by atoms with Gasteiger partial charge in [0.2, 0.25) is 0 Å². The summed E-state index contributed by atoms with van der Waals surface area (Å²) in [5.74, 6) is 0.332. The van der Waals surface area contributed by atoms with Crippen molar-refractivity contribution in [1.82, 2.24) is 15.0 Å². The van der Waals surface area contributed by atoms with E-state index in [4.69, 9.17) is 4.74 Å². The minimum atomic E-state index is -0.275. The predicted molar refractivity (Wildman–Crippen MR) is 62.2 cm³/mol. The zero-order valence-electron chi connectivity index (χ0n) is 9.51. The van der Waals surface area contributed by atoms with Crippen LogP contribution in [0.3, 0.4) is 0 Å². The second-order valence-corrected chi connectivity index (χ2v) is 3.46. The molecule has 1 N–H and O–H groups in total. The van der Waals surface area contributed by atoms with Crippen molar-refractivity contribution in [2.75, 3.05) is 6.61 Å². The van der Waals surface area contributed by atoms with Gasteiger partial charge in [-0.1, -0.05) is 0 Å². The van der Waals surface area contributed by atoms with Crippen molar-refractivity contribution in [2.24, 2.45) is 0 Å². The Morgan fingerprint density at radius 1 is 1.41 bits per heavy atom. The standard InChI is InChI=1S/C12H13N3O2/c1-2-17-12(16)7-11-14-8-10(15-11)9-3-5-13-6-4-9/h3-6,8H,2,7H2,1H3,(H,14,15). The lowest BCUT2D eigenvalue weighted by Crippen LogP contribution is -2.08. The molecule has 0 saturated carbocycles.